The molecule has 0 aliphatic rings. The zero-order valence-corrected chi connectivity index (χ0v) is 13.5. The zero-order valence-electron chi connectivity index (χ0n) is 13.5. The summed E-state index contributed by atoms with van der Waals surface area (Å²) in [5.41, 5.74) is 5.73. The molecule has 1 rings (SSSR count). The van der Waals surface area contributed by atoms with Gasteiger partial charge in [-0.25, -0.2) is 0 Å². The van der Waals surface area contributed by atoms with Gasteiger partial charge in [-0.3, -0.25) is 0 Å². The first-order chi connectivity index (χ1) is 10.0. The van der Waals surface area contributed by atoms with Crippen LogP contribution in [0.2, 0.25) is 0 Å². The van der Waals surface area contributed by atoms with Gasteiger partial charge in [0.15, 0.2) is 0 Å². The highest BCUT2D eigenvalue weighted by Crippen LogP contribution is 2.15. The van der Waals surface area contributed by atoms with E-state index < -0.39 is 6.10 Å². The summed E-state index contributed by atoms with van der Waals surface area (Å²) in [6.45, 7) is 10.2. The molecule has 0 saturated carbocycles. The lowest BCUT2D eigenvalue weighted by Gasteiger charge is -2.21. The quantitative estimate of drug-likeness (QED) is 0.635. The van der Waals surface area contributed by atoms with Crippen molar-refractivity contribution < 1.29 is 5.11 Å². The van der Waals surface area contributed by atoms with Crippen LogP contribution in [0.4, 0.5) is 17.8 Å². The molecule has 21 heavy (non-hydrogen) atoms. The van der Waals surface area contributed by atoms with Gasteiger partial charge in [-0.15, -0.1) is 0 Å². The molecule has 1 aromatic rings. The summed E-state index contributed by atoms with van der Waals surface area (Å²) in [6.07, 6.45) is 1.47. The minimum Gasteiger partial charge on any atom is -0.391 e. The number of aliphatic hydroxyl groups excluding tert-OH is 1. The number of nitrogens with two attached hydrogens (primary N) is 1. The van der Waals surface area contributed by atoms with E-state index in [2.05, 4.69) is 34.1 Å². The van der Waals surface area contributed by atoms with Gasteiger partial charge in [0.2, 0.25) is 17.8 Å². The van der Waals surface area contributed by atoms with E-state index in [-0.39, 0.29) is 11.9 Å². The van der Waals surface area contributed by atoms with Crippen LogP contribution in [0.5, 0.6) is 0 Å². The van der Waals surface area contributed by atoms with Crippen LogP contribution in [0, 0.1) is 5.92 Å². The summed E-state index contributed by atoms with van der Waals surface area (Å²) in [4.78, 5) is 14.6. The van der Waals surface area contributed by atoms with E-state index in [1.165, 1.54) is 0 Å². The first-order valence-corrected chi connectivity index (χ1v) is 7.73. The minimum atomic E-state index is -0.421. The summed E-state index contributed by atoms with van der Waals surface area (Å²) in [6, 6.07) is 0. The van der Waals surface area contributed by atoms with Crippen LogP contribution in [-0.4, -0.2) is 45.8 Å². The van der Waals surface area contributed by atoms with E-state index in [4.69, 9.17) is 5.73 Å². The Balaban J connectivity index is 2.75. The second-order valence-corrected chi connectivity index (χ2v) is 5.01. The highest BCUT2D eigenvalue weighted by Gasteiger charge is 2.16. The summed E-state index contributed by atoms with van der Waals surface area (Å²) < 4.78 is 0. The largest absolute Gasteiger partial charge is 0.391 e. The average molecular weight is 296 g/mol. The number of rotatable bonds is 9. The molecule has 1 heterocycles. The fourth-order valence-electron chi connectivity index (χ4n) is 2.30. The molecule has 0 spiro atoms. The molecule has 0 fully saturated rings. The minimum absolute atomic E-state index is 0.187. The maximum absolute atomic E-state index is 10.1. The molecule has 0 aromatic carbocycles. The van der Waals surface area contributed by atoms with Crippen LogP contribution in [0.1, 0.15) is 40.5 Å². The summed E-state index contributed by atoms with van der Waals surface area (Å²) in [5, 5.41) is 13.2. The predicted molar refractivity (Wildman–Crippen MR) is 86.4 cm³/mol. The van der Waals surface area contributed by atoms with Gasteiger partial charge in [-0.05, 0) is 19.8 Å². The number of hydrogen-bond acceptors (Lipinski definition) is 7. The Hall–Kier alpha value is -1.63. The second kappa shape index (κ2) is 8.61. The zero-order chi connectivity index (χ0) is 15.8. The first kappa shape index (κ1) is 17.4. The number of hydrogen-bond donors (Lipinski definition) is 3. The van der Waals surface area contributed by atoms with Crippen molar-refractivity contribution in [2.24, 2.45) is 5.92 Å². The fraction of sp³-hybridized carbons (Fsp3) is 0.786. The average Bonchev–Trinajstić information content (AvgIpc) is 2.47. The number of aliphatic hydroxyl groups is 1. The third-order valence-corrected chi connectivity index (χ3v) is 3.75. The van der Waals surface area contributed by atoms with Crippen molar-refractivity contribution in [1.82, 2.24) is 15.0 Å². The smallest absolute Gasteiger partial charge is 0.231 e. The van der Waals surface area contributed by atoms with Gasteiger partial charge in [0.05, 0.1) is 6.10 Å². The lowest BCUT2D eigenvalue weighted by molar-refractivity contribution is 0.114. The fourth-order valence-corrected chi connectivity index (χ4v) is 2.30. The van der Waals surface area contributed by atoms with Gasteiger partial charge in [-0.1, -0.05) is 26.7 Å². The Morgan fingerprint density at radius 3 is 2.24 bits per heavy atom. The lowest BCUT2D eigenvalue weighted by atomic mass is 9.97. The van der Waals surface area contributed by atoms with E-state index >= 15 is 0 Å². The van der Waals surface area contributed by atoms with Crippen LogP contribution in [0.25, 0.3) is 0 Å². The maximum atomic E-state index is 10.1. The number of nitrogens with zero attached hydrogens (tertiary/aromatic N) is 4. The van der Waals surface area contributed by atoms with Crippen molar-refractivity contribution >= 4 is 17.8 Å². The Kier molecular flexibility index (Phi) is 7.14. The Morgan fingerprint density at radius 1 is 1.10 bits per heavy atom. The van der Waals surface area contributed by atoms with Crippen molar-refractivity contribution in [3.8, 4) is 0 Å². The van der Waals surface area contributed by atoms with Gasteiger partial charge in [0.1, 0.15) is 0 Å². The van der Waals surface area contributed by atoms with E-state index in [1.54, 1.807) is 0 Å². The van der Waals surface area contributed by atoms with Gasteiger partial charge >= 0.3 is 0 Å². The van der Waals surface area contributed by atoms with Gasteiger partial charge in [0, 0.05) is 19.6 Å². The molecule has 120 valence electrons. The molecular weight excluding hydrogens is 268 g/mol. The molecule has 0 amide bonds. The highest BCUT2D eigenvalue weighted by molar-refractivity contribution is 5.41. The van der Waals surface area contributed by atoms with Crippen molar-refractivity contribution in [1.29, 1.82) is 0 Å². The topological polar surface area (TPSA) is 100 Å². The molecule has 7 nitrogen and oxygen atoms in total. The molecule has 1 atom stereocenters. The van der Waals surface area contributed by atoms with Gasteiger partial charge in [-0.2, -0.15) is 15.0 Å². The van der Waals surface area contributed by atoms with Crippen molar-refractivity contribution in [3.63, 3.8) is 0 Å². The number of nitrogens with one attached hydrogen (secondary N) is 1. The van der Waals surface area contributed by atoms with E-state index in [1.807, 2.05) is 18.7 Å². The third kappa shape index (κ3) is 5.00. The van der Waals surface area contributed by atoms with Crippen LogP contribution in [0.3, 0.4) is 0 Å². The number of aromatic nitrogens is 3. The van der Waals surface area contributed by atoms with E-state index in [0.29, 0.717) is 18.4 Å². The summed E-state index contributed by atoms with van der Waals surface area (Å²) >= 11 is 0. The SMILES string of the molecule is CCC(CC)C(O)CNc1nc(N)nc(N(CC)CC)n1. The molecule has 0 bridgehead atoms. The highest BCUT2D eigenvalue weighted by atomic mass is 16.3. The second-order valence-electron chi connectivity index (χ2n) is 5.01. The maximum Gasteiger partial charge on any atom is 0.231 e. The summed E-state index contributed by atoms with van der Waals surface area (Å²) in [7, 11) is 0. The standard InChI is InChI=1S/C14H28N6O/c1-5-10(6-2)11(21)9-16-13-17-12(15)18-14(19-13)20(7-3)8-4/h10-11,21H,5-9H2,1-4H3,(H3,15,16,17,18,19). The first-order valence-electron chi connectivity index (χ1n) is 7.73. The van der Waals surface area contributed by atoms with Crippen LogP contribution >= 0.6 is 0 Å². The Labute approximate surface area is 127 Å². The van der Waals surface area contributed by atoms with Crippen molar-refractivity contribution in [2.45, 2.75) is 46.6 Å². The van der Waals surface area contributed by atoms with Crippen molar-refractivity contribution in [3.05, 3.63) is 0 Å². The Morgan fingerprint density at radius 2 is 1.71 bits per heavy atom. The number of nitrogen functional groups attached to an aromatic ring is 1. The normalized spacial score (nSPS) is 12.5. The van der Waals surface area contributed by atoms with E-state index in [9.17, 15) is 5.11 Å². The monoisotopic (exact) mass is 296 g/mol. The van der Waals surface area contributed by atoms with E-state index in [0.717, 1.165) is 25.9 Å². The van der Waals surface area contributed by atoms with Crippen LogP contribution in [0.15, 0.2) is 0 Å². The molecule has 0 saturated heterocycles. The predicted octanol–water partition coefficient (Wildman–Crippen LogP) is 1.51. The third-order valence-electron chi connectivity index (χ3n) is 3.75. The number of anilines is 3. The van der Waals surface area contributed by atoms with Crippen LogP contribution < -0.4 is 16.0 Å². The Bertz CT molecular complexity index is 420. The molecule has 1 unspecified atom stereocenters. The van der Waals surface area contributed by atoms with Gasteiger partial charge in [0.25, 0.3) is 0 Å². The molecule has 1 aromatic heterocycles. The lowest BCUT2D eigenvalue weighted by Crippen LogP contribution is -2.29. The molecular formula is C14H28N6O. The molecule has 4 N–H and O–H groups in total. The summed E-state index contributed by atoms with van der Waals surface area (Å²) in [5.74, 6) is 1.44. The van der Waals surface area contributed by atoms with Crippen molar-refractivity contribution in [2.75, 3.05) is 35.6 Å². The molecule has 0 radical (unpaired) electrons. The molecule has 7 heteroatoms. The molecule has 0 aliphatic heterocycles. The van der Waals surface area contributed by atoms with Crippen LogP contribution in [-0.2, 0) is 0 Å². The molecule has 0 aliphatic carbocycles. The van der Waals surface area contributed by atoms with Gasteiger partial charge < -0.3 is 21.1 Å².